The molecule has 0 aliphatic rings. The van der Waals surface area contributed by atoms with Crippen LogP contribution in [0.1, 0.15) is 33.9 Å². The molecule has 0 heterocycles. The second-order valence-corrected chi connectivity index (χ2v) is 6.28. The topological polar surface area (TPSA) is 12.5 Å². The summed E-state index contributed by atoms with van der Waals surface area (Å²) in [6.07, 6.45) is 0.00162. The van der Waals surface area contributed by atoms with Crippen LogP contribution in [0.2, 0.25) is 0 Å². The first-order valence-electron chi connectivity index (χ1n) is 7.88. The van der Waals surface area contributed by atoms with Gasteiger partial charge in [0.1, 0.15) is 6.10 Å². The molecular formula is C20H28ClNO. The fourth-order valence-corrected chi connectivity index (χ4v) is 2.93. The van der Waals surface area contributed by atoms with Gasteiger partial charge < -0.3 is 9.64 Å². The Morgan fingerprint density at radius 2 is 1.52 bits per heavy atom. The lowest BCUT2D eigenvalue weighted by Crippen LogP contribution is -2.20. The van der Waals surface area contributed by atoms with Gasteiger partial charge in [0.2, 0.25) is 0 Å². The third-order valence-corrected chi connectivity index (χ3v) is 3.93. The molecule has 0 aromatic heterocycles. The summed E-state index contributed by atoms with van der Waals surface area (Å²) in [6, 6.07) is 15.0. The highest BCUT2D eigenvalue weighted by Gasteiger charge is 2.19. The van der Waals surface area contributed by atoms with Gasteiger partial charge in [-0.15, -0.1) is 12.4 Å². The molecule has 0 aliphatic carbocycles. The van der Waals surface area contributed by atoms with E-state index in [1.165, 1.54) is 27.8 Å². The summed E-state index contributed by atoms with van der Waals surface area (Å²) in [4.78, 5) is 2.15. The Labute approximate surface area is 146 Å². The molecule has 2 nitrogen and oxygen atoms in total. The Kier molecular flexibility index (Phi) is 7.77. The molecule has 2 aromatic carbocycles. The molecule has 0 saturated carbocycles. The highest BCUT2D eigenvalue weighted by atomic mass is 35.5. The van der Waals surface area contributed by atoms with E-state index in [0.29, 0.717) is 0 Å². The van der Waals surface area contributed by atoms with Crippen molar-refractivity contribution >= 4 is 12.4 Å². The molecule has 0 fully saturated rings. The summed E-state index contributed by atoms with van der Waals surface area (Å²) in [5, 5.41) is 0. The van der Waals surface area contributed by atoms with Crippen LogP contribution in [-0.2, 0) is 4.74 Å². The molecule has 126 valence electrons. The van der Waals surface area contributed by atoms with Gasteiger partial charge in [-0.25, -0.2) is 0 Å². The maximum atomic E-state index is 6.28. The standard InChI is InChI=1S/C20H27NO.ClH/c1-15-13-16(2)19(17(3)14-15)20(22-12-11-21(4)5)18-9-7-6-8-10-18;/h6-10,13-14,20H,11-12H2,1-5H3;1H. The van der Waals surface area contributed by atoms with Crippen molar-refractivity contribution in [1.29, 1.82) is 0 Å². The molecule has 0 saturated heterocycles. The zero-order chi connectivity index (χ0) is 16.1. The lowest BCUT2D eigenvalue weighted by Gasteiger charge is -2.24. The normalized spacial score (nSPS) is 12.1. The van der Waals surface area contributed by atoms with E-state index in [9.17, 15) is 0 Å². The van der Waals surface area contributed by atoms with Crippen LogP contribution in [-0.4, -0.2) is 32.1 Å². The van der Waals surface area contributed by atoms with Crippen molar-refractivity contribution < 1.29 is 4.74 Å². The lowest BCUT2D eigenvalue weighted by atomic mass is 9.92. The quantitative estimate of drug-likeness (QED) is 0.759. The van der Waals surface area contributed by atoms with E-state index in [1.54, 1.807) is 0 Å². The van der Waals surface area contributed by atoms with E-state index in [2.05, 4.69) is 82.2 Å². The zero-order valence-corrected chi connectivity index (χ0v) is 15.6. The summed E-state index contributed by atoms with van der Waals surface area (Å²) in [6.45, 7) is 8.15. The summed E-state index contributed by atoms with van der Waals surface area (Å²) >= 11 is 0. The van der Waals surface area contributed by atoms with Gasteiger partial charge >= 0.3 is 0 Å². The Morgan fingerprint density at radius 3 is 2.04 bits per heavy atom. The van der Waals surface area contributed by atoms with Crippen molar-refractivity contribution in [2.24, 2.45) is 0 Å². The molecule has 0 amide bonds. The summed E-state index contributed by atoms with van der Waals surface area (Å²) in [5.41, 5.74) is 6.43. The van der Waals surface area contributed by atoms with E-state index in [-0.39, 0.29) is 18.5 Å². The monoisotopic (exact) mass is 333 g/mol. The molecule has 2 aromatic rings. The Balaban J connectivity index is 0.00000264. The van der Waals surface area contributed by atoms with E-state index < -0.39 is 0 Å². The Bertz CT molecular complexity index is 587. The number of ether oxygens (including phenoxy) is 1. The van der Waals surface area contributed by atoms with Crippen molar-refractivity contribution in [3.8, 4) is 0 Å². The number of likely N-dealkylation sites (N-methyl/N-ethyl adjacent to an activating group) is 1. The van der Waals surface area contributed by atoms with Crippen LogP contribution in [0, 0.1) is 20.8 Å². The van der Waals surface area contributed by atoms with Crippen LogP contribution in [0.3, 0.4) is 0 Å². The third-order valence-electron chi connectivity index (χ3n) is 3.93. The number of halogens is 1. The van der Waals surface area contributed by atoms with E-state index in [4.69, 9.17) is 4.74 Å². The smallest absolute Gasteiger partial charge is 0.108 e. The summed E-state index contributed by atoms with van der Waals surface area (Å²) in [7, 11) is 4.15. The molecule has 0 aliphatic heterocycles. The average Bonchev–Trinajstić information content (AvgIpc) is 2.45. The number of rotatable bonds is 6. The van der Waals surface area contributed by atoms with E-state index in [0.717, 1.165) is 13.2 Å². The van der Waals surface area contributed by atoms with Crippen molar-refractivity contribution in [3.05, 3.63) is 70.3 Å². The highest BCUT2D eigenvalue weighted by molar-refractivity contribution is 5.85. The van der Waals surface area contributed by atoms with Crippen molar-refractivity contribution in [2.75, 3.05) is 27.2 Å². The Hall–Kier alpha value is -1.35. The molecule has 1 atom stereocenters. The second-order valence-electron chi connectivity index (χ2n) is 6.28. The summed E-state index contributed by atoms with van der Waals surface area (Å²) < 4.78 is 6.28. The maximum absolute atomic E-state index is 6.28. The first-order chi connectivity index (χ1) is 10.5. The van der Waals surface area contributed by atoms with Crippen molar-refractivity contribution in [3.63, 3.8) is 0 Å². The number of aryl methyl sites for hydroxylation is 3. The Morgan fingerprint density at radius 1 is 0.957 bits per heavy atom. The highest BCUT2D eigenvalue weighted by Crippen LogP contribution is 2.31. The van der Waals surface area contributed by atoms with Crippen molar-refractivity contribution in [2.45, 2.75) is 26.9 Å². The van der Waals surface area contributed by atoms with Gasteiger partial charge in [-0.3, -0.25) is 0 Å². The first kappa shape index (κ1) is 19.7. The molecule has 1 unspecified atom stereocenters. The molecule has 0 spiro atoms. The minimum Gasteiger partial charge on any atom is -0.367 e. The number of nitrogens with zero attached hydrogens (tertiary/aromatic N) is 1. The van der Waals surface area contributed by atoms with Gasteiger partial charge in [-0.1, -0.05) is 48.0 Å². The van der Waals surface area contributed by atoms with Crippen LogP contribution < -0.4 is 0 Å². The van der Waals surface area contributed by atoms with E-state index in [1.807, 2.05) is 0 Å². The fraction of sp³-hybridized carbons (Fsp3) is 0.400. The number of benzene rings is 2. The zero-order valence-electron chi connectivity index (χ0n) is 14.8. The molecule has 0 bridgehead atoms. The minimum absolute atomic E-state index is 0. The van der Waals surface area contributed by atoms with Gasteiger partial charge in [0.25, 0.3) is 0 Å². The van der Waals surface area contributed by atoms with Crippen LogP contribution in [0.4, 0.5) is 0 Å². The fourth-order valence-electron chi connectivity index (χ4n) is 2.93. The second kappa shape index (κ2) is 9.07. The minimum atomic E-state index is 0. The van der Waals surface area contributed by atoms with Crippen LogP contribution >= 0.6 is 12.4 Å². The largest absolute Gasteiger partial charge is 0.367 e. The van der Waals surface area contributed by atoms with Gasteiger partial charge in [-0.05, 0) is 57.1 Å². The SMILES string of the molecule is Cc1cc(C)c(C(OCCN(C)C)c2ccccc2)c(C)c1.Cl. The number of hydrogen-bond donors (Lipinski definition) is 0. The van der Waals surface area contributed by atoms with Crippen LogP contribution in [0.15, 0.2) is 42.5 Å². The van der Waals surface area contributed by atoms with Gasteiger partial charge in [0.05, 0.1) is 6.61 Å². The van der Waals surface area contributed by atoms with Crippen LogP contribution in [0.25, 0.3) is 0 Å². The maximum Gasteiger partial charge on any atom is 0.108 e. The molecule has 2 rings (SSSR count). The van der Waals surface area contributed by atoms with Crippen LogP contribution in [0.5, 0.6) is 0 Å². The average molecular weight is 334 g/mol. The number of hydrogen-bond acceptors (Lipinski definition) is 2. The molecule has 23 heavy (non-hydrogen) atoms. The van der Waals surface area contributed by atoms with Gasteiger partial charge in [-0.2, -0.15) is 0 Å². The third kappa shape index (κ3) is 5.35. The van der Waals surface area contributed by atoms with Crippen molar-refractivity contribution in [1.82, 2.24) is 4.90 Å². The molecule has 3 heteroatoms. The predicted octanol–water partition coefficient (Wildman–Crippen LogP) is 4.70. The molecule has 0 N–H and O–H groups in total. The predicted molar refractivity (Wildman–Crippen MR) is 101 cm³/mol. The lowest BCUT2D eigenvalue weighted by molar-refractivity contribution is 0.0680. The van der Waals surface area contributed by atoms with Gasteiger partial charge in [0.15, 0.2) is 0 Å². The van der Waals surface area contributed by atoms with Gasteiger partial charge in [0, 0.05) is 6.54 Å². The molecule has 0 radical (unpaired) electrons. The molecular weight excluding hydrogens is 306 g/mol. The summed E-state index contributed by atoms with van der Waals surface area (Å²) in [5.74, 6) is 0. The van der Waals surface area contributed by atoms with E-state index >= 15 is 0 Å². The first-order valence-corrected chi connectivity index (χ1v) is 7.88.